The highest BCUT2D eigenvalue weighted by Gasteiger charge is 2.43. The predicted octanol–water partition coefficient (Wildman–Crippen LogP) is 15.4. The van der Waals surface area contributed by atoms with Crippen LogP contribution in [0.3, 0.4) is 0 Å². The van der Waals surface area contributed by atoms with Gasteiger partial charge in [-0.15, -0.1) is 0 Å². The molecule has 59 heavy (non-hydrogen) atoms. The Morgan fingerprint density at radius 3 is 1.37 bits per heavy atom. The molecule has 0 radical (unpaired) electrons. The van der Waals surface area contributed by atoms with Crippen LogP contribution in [0.1, 0.15) is 49.9 Å². The van der Waals surface area contributed by atoms with Crippen LogP contribution in [0.25, 0.3) is 76.7 Å². The number of rotatable bonds is 3. The highest BCUT2D eigenvalue weighted by Crippen LogP contribution is 2.59. The molecule has 0 unspecified atom stereocenters. The SMILES string of the molecule is CC1(C)c2cc3c(cc2-c2cc4c5ccccc5c5ccccc5c4cc21)C(C)(C)c1cc2ccccc2cc1N3c1cc(-c2ccccc2)nc(-c2ccccc2)c1. The standard InChI is InChI=1S/C57H42N2/c1-56(2)48-32-45-43-26-16-14-24-41(43)40-23-13-15-25-42(40)44(45)31-46(48)47-33-51-55(34-49(47)56)59(54-28-38-22-12-11-21-37(38)27-50(54)57(51,3)4)39-29-52(35-17-7-5-8-18-35)58-53(30-39)36-19-9-6-10-20-36/h5-34H,1-4H3. The van der Waals surface area contributed by atoms with Crippen molar-refractivity contribution in [2.75, 3.05) is 4.90 Å². The van der Waals surface area contributed by atoms with Crippen LogP contribution in [0.2, 0.25) is 0 Å². The van der Waals surface area contributed by atoms with Gasteiger partial charge in [-0.3, -0.25) is 0 Å². The summed E-state index contributed by atoms with van der Waals surface area (Å²) in [4.78, 5) is 7.85. The first-order valence-electron chi connectivity index (χ1n) is 20.8. The second-order valence-corrected chi connectivity index (χ2v) is 17.6. The highest BCUT2D eigenvalue weighted by molar-refractivity contribution is 6.26. The molecule has 280 valence electrons. The Bertz CT molecular complexity index is 3320. The molecule has 0 N–H and O–H groups in total. The number of benzene rings is 9. The van der Waals surface area contributed by atoms with E-state index >= 15 is 0 Å². The van der Waals surface area contributed by atoms with Crippen LogP contribution < -0.4 is 4.90 Å². The second kappa shape index (κ2) is 12.2. The second-order valence-electron chi connectivity index (χ2n) is 17.6. The van der Waals surface area contributed by atoms with Gasteiger partial charge in [0.1, 0.15) is 0 Å². The molecule has 0 saturated carbocycles. The molecule has 1 aliphatic heterocycles. The number of fused-ring (bicyclic) bond motifs is 12. The third-order valence-corrected chi connectivity index (χ3v) is 13.6. The van der Waals surface area contributed by atoms with Crippen molar-refractivity contribution in [2.24, 2.45) is 0 Å². The summed E-state index contributed by atoms with van der Waals surface area (Å²) >= 11 is 0. The van der Waals surface area contributed by atoms with Crippen LogP contribution in [-0.4, -0.2) is 4.98 Å². The van der Waals surface area contributed by atoms with E-state index in [9.17, 15) is 0 Å². The molecule has 1 aromatic heterocycles. The Hall–Kier alpha value is -7.03. The van der Waals surface area contributed by atoms with E-state index < -0.39 is 0 Å². The maximum Gasteiger partial charge on any atom is 0.0730 e. The fourth-order valence-corrected chi connectivity index (χ4v) is 10.5. The quantitative estimate of drug-likeness (QED) is 0.167. The first-order valence-corrected chi connectivity index (χ1v) is 20.8. The third-order valence-electron chi connectivity index (χ3n) is 13.6. The van der Waals surface area contributed by atoms with E-state index in [-0.39, 0.29) is 10.8 Å². The zero-order valence-electron chi connectivity index (χ0n) is 33.7. The van der Waals surface area contributed by atoms with Gasteiger partial charge in [0.15, 0.2) is 0 Å². The molecule has 0 spiro atoms. The van der Waals surface area contributed by atoms with Gasteiger partial charge >= 0.3 is 0 Å². The number of nitrogens with zero attached hydrogens (tertiary/aromatic N) is 2. The Kier molecular flexibility index (Phi) is 7.06. The average molecular weight is 755 g/mol. The smallest absolute Gasteiger partial charge is 0.0730 e. The minimum Gasteiger partial charge on any atom is -0.310 e. The van der Waals surface area contributed by atoms with Crippen LogP contribution in [-0.2, 0) is 10.8 Å². The maximum atomic E-state index is 5.31. The van der Waals surface area contributed by atoms with Crippen molar-refractivity contribution >= 4 is 60.2 Å². The first-order chi connectivity index (χ1) is 28.8. The average Bonchev–Trinajstić information content (AvgIpc) is 3.49. The molecule has 2 heterocycles. The van der Waals surface area contributed by atoms with Crippen molar-refractivity contribution in [1.29, 1.82) is 0 Å². The first kappa shape index (κ1) is 34.0. The number of anilines is 3. The number of hydrogen-bond donors (Lipinski definition) is 0. The van der Waals surface area contributed by atoms with Gasteiger partial charge in [-0.05, 0) is 125 Å². The topological polar surface area (TPSA) is 16.1 Å². The van der Waals surface area contributed by atoms with Crippen LogP contribution in [0.5, 0.6) is 0 Å². The van der Waals surface area contributed by atoms with Crippen LogP contribution in [0.15, 0.2) is 182 Å². The predicted molar refractivity (Wildman–Crippen MR) is 250 cm³/mol. The minimum atomic E-state index is -0.287. The molecular weight excluding hydrogens is 713 g/mol. The molecule has 2 nitrogen and oxygen atoms in total. The summed E-state index contributed by atoms with van der Waals surface area (Å²) in [6, 6.07) is 67.4. The lowest BCUT2D eigenvalue weighted by Crippen LogP contribution is -2.31. The summed E-state index contributed by atoms with van der Waals surface area (Å²) in [5.74, 6) is 0. The van der Waals surface area contributed by atoms with Gasteiger partial charge in [0.05, 0.1) is 28.5 Å². The monoisotopic (exact) mass is 754 g/mol. The Morgan fingerprint density at radius 2 is 0.780 bits per heavy atom. The van der Waals surface area contributed by atoms with Crippen LogP contribution >= 0.6 is 0 Å². The molecule has 12 rings (SSSR count). The van der Waals surface area contributed by atoms with Crippen LogP contribution in [0.4, 0.5) is 17.1 Å². The third kappa shape index (κ3) is 4.90. The lowest BCUT2D eigenvalue weighted by atomic mass is 9.71. The Labute approximate surface area is 345 Å². The van der Waals surface area contributed by atoms with E-state index in [4.69, 9.17) is 4.98 Å². The summed E-state index contributed by atoms with van der Waals surface area (Å²) < 4.78 is 0. The fraction of sp³-hybridized carbons (Fsp3) is 0.105. The molecule has 0 bridgehead atoms. The summed E-state index contributed by atoms with van der Waals surface area (Å²) in [7, 11) is 0. The van der Waals surface area contributed by atoms with Crippen LogP contribution in [0, 0.1) is 0 Å². The van der Waals surface area contributed by atoms with Gasteiger partial charge in [0, 0.05) is 22.0 Å². The molecule has 10 aromatic rings. The van der Waals surface area contributed by atoms with Crippen molar-refractivity contribution in [3.05, 3.63) is 204 Å². The Morgan fingerprint density at radius 1 is 0.356 bits per heavy atom. The lowest BCUT2D eigenvalue weighted by Gasteiger charge is -2.43. The summed E-state index contributed by atoms with van der Waals surface area (Å²) in [6.45, 7) is 9.68. The lowest BCUT2D eigenvalue weighted by molar-refractivity contribution is 0.628. The molecule has 9 aromatic carbocycles. The number of pyridine rings is 1. The zero-order chi connectivity index (χ0) is 39.6. The van der Waals surface area contributed by atoms with E-state index in [0.29, 0.717) is 0 Å². The zero-order valence-corrected chi connectivity index (χ0v) is 33.7. The molecular formula is C57H42N2. The van der Waals surface area contributed by atoms with Crippen molar-refractivity contribution in [1.82, 2.24) is 4.98 Å². The van der Waals surface area contributed by atoms with Crippen molar-refractivity contribution < 1.29 is 0 Å². The van der Waals surface area contributed by atoms with Crippen molar-refractivity contribution in [3.8, 4) is 33.6 Å². The largest absolute Gasteiger partial charge is 0.310 e. The molecule has 0 atom stereocenters. The molecule has 1 aliphatic carbocycles. The Balaban J connectivity index is 1.16. The molecule has 0 fully saturated rings. The van der Waals surface area contributed by atoms with Crippen molar-refractivity contribution in [3.63, 3.8) is 0 Å². The van der Waals surface area contributed by atoms with Gasteiger partial charge in [0.25, 0.3) is 0 Å². The normalized spacial score (nSPS) is 14.7. The fourth-order valence-electron chi connectivity index (χ4n) is 10.5. The van der Waals surface area contributed by atoms with Gasteiger partial charge in [0.2, 0.25) is 0 Å². The van der Waals surface area contributed by atoms with E-state index in [1.54, 1.807) is 0 Å². The number of aromatic nitrogens is 1. The molecule has 2 heteroatoms. The van der Waals surface area contributed by atoms with Gasteiger partial charge in [-0.25, -0.2) is 4.98 Å². The maximum absolute atomic E-state index is 5.31. The van der Waals surface area contributed by atoms with E-state index in [2.05, 4.69) is 215 Å². The summed E-state index contributed by atoms with van der Waals surface area (Å²) in [5, 5.41) is 10.4. The molecule has 0 amide bonds. The van der Waals surface area contributed by atoms with Crippen molar-refractivity contribution in [2.45, 2.75) is 38.5 Å². The van der Waals surface area contributed by atoms with Gasteiger partial charge in [-0.1, -0.05) is 161 Å². The molecule has 2 aliphatic rings. The highest BCUT2D eigenvalue weighted by atomic mass is 15.2. The number of hydrogen-bond acceptors (Lipinski definition) is 2. The minimum absolute atomic E-state index is 0.233. The van der Waals surface area contributed by atoms with E-state index in [1.807, 2.05) is 0 Å². The van der Waals surface area contributed by atoms with Gasteiger partial charge in [-0.2, -0.15) is 0 Å². The molecule has 0 saturated heterocycles. The van der Waals surface area contributed by atoms with E-state index in [0.717, 1.165) is 28.2 Å². The summed E-state index contributed by atoms with van der Waals surface area (Å²) in [6.07, 6.45) is 0. The summed E-state index contributed by atoms with van der Waals surface area (Å²) in [5.41, 5.74) is 15.2. The van der Waals surface area contributed by atoms with Gasteiger partial charge < -0.3 is 4.90 Å². The van der Waals surface area contributed by atoms with E-state index in [1.165, 1.54) is 87.8 Å².